The molecule has 0 fully saturated rings. The van der Waals surface area contributed by atoms with E-state index in [9.17, 15) is 4.79 Å². The molecule has 0 aliphatic carbocycles. The van der Waals surface area contributed by atoms with Gasteiger partial charge in [0.15, 0.2) is 0 Å². The number of hydrogen-bond donors (Lipinski definition) is 1. The van der Waals surface area contributed by atoms with Crippen molar-refractivity contribution in [2.75, 3.05) is 6.54 Å². The first-order valence-electron chi connectivity index (χ1n) is 8.11. The summed E-state index contributed by atoms with van der Waals surface area (Å²) in [6.07, 6.45) is 2.94. The van der Waals surface area contributed by atoms with Crippen molar-refractivity contribution >= 4 is 33.2 Å². The van der Waals surface area contributed by atoms with Crippen LogP contribution in [0.5, 0.6) is 5.75 Å². The number of benzene rings is 1. The second-order valence-corrected chi connectivity index (χ2v) is 7.76. The molecule has 1 amide bonds. The van der Waals surface area contributed by atoms with Gasteiger partial charge in [-0.15, -0.1) is 11.3 Å². The fourth-order valence-electron chi connectivity index (χ4n) is 2.25. The Kier molecular flexibility index (Phi) is 7.24. The predicted octanol–water partition coefficient (Wildman–Crippen LogP) is 4.75. The van der Waals surface area contributed by atoms with Crippen molar-refractivity contribution in [2.45, 2.75) is 46.1 Å². The highest BCUT2D eigenvalue weighted by atomic mass is 79.9. The Morgan fingerprint density at radius 1 is 1.38 bits per heavy atom. The number of nitrogens with zero attached hydrogens (tertiary/aromatic N) is 1. The number of thiazole rings is 1. The van der Waals surface area contributed by atoms with Crippen LogP contribution in [0.25, 0.3) is 0 Å². The minimum absolute atomic E-state index is 0.0209. The normalized spacial score (nSPS) is 10.9. The number of ether oxygens (including phenoxy) is 1. The van der Waals surface area contributed by atoms with Crippen LogP contribution in [0, 0.1) is 6.92 Å². The fourth-order valence-corrected chi connectivity index (χ4v) is 3.41. The van der Waals surface area contributed by atoms with Gasteiger partial charge in [-0.3, -0.25) is 4.79 Å². The van der Waals surface area contributed by atoms with Crippen LogP contribution < -0.4 is 10.1 Å². The number of carbonyl (C=O) groups excluding carboxylic acids is 1. The van der Waals surface area contributed by atoms with Crippen LogP contribution in [-0.2, 0) is 6.42 Å². The van der Waals surface area contributed by atoms with E-state index in [1.54, 1.807) is 17.4 Å². The zero-order valence-electron chi connectivity index (χ0n) is 14.3. The molecule has 0 aliphatic rings. The van der Waals surface area contributed by atoms with E-state index < -0.39 is 0 Å². The van der Waals surface area contributed by atoms with Crippen LogP contribution in [0.4, 0.5) is 0 Å². The summed E-state index contributed by atoms with van der Waals surface area (Å²) >= 11 is 5.12. The van der Waals surface area contributed by atoms with Gasteiger partial charge in [0.2, 0.25) is 0 Å². The maximum Gasteiger partial charge on any atom is 0.255 e. The van der Waals surface area contributed by atoms with E-state index in [4.69, 9.17) is 4.74 Å². The lowest BCUT2D eigenvalue weighted by Gasteiger charge is -2.14. The minimum Gasteiger partial charge on any atom is -0.490 e. The molecule has 1 N–H and O–H groups in total. The van der Waals surface area contributed by atoms with Crippen LogP contribution in [0.3, 0.4) is 0 Å². The van der Waals surface area contributed by atoms with Crippen LogP contribution in [-0.4, -0.2) is 23.5 Å². The Morgan fingerprint density at radius 2 is 2.17 bits per heavy atom. The number of unbranched alkanes of at least 4 members (excludes halogenated alkanes) is 1. The van der Waals surface area contributed by atoms with Crippen LogP contribution in [0.15, 0.2) is 28.1 Å². The van der Waals surface area contributed by atoms with Crippen molar-refractivity contribution < 1.29 is 9.53 Å². The molecule has 0 spiro atoms. The highest BCUT2D eigenvalue weighted by Gasteiger charge is 2.13. The number of rotatable bonds is 8. The van der Waals surface area contributed by atoms with E-state index in [1.807, 2.05) is 32.9 Å². The third-order valence-electron chi connectivity index (χ3n) is 3.32. The maximum atomic E-state index is 12.4. The monoisotopic (exact) mass is 410 g/mol. The molecule has 0 saturated heterocycles. The number of aryl methyl sites for hydroxylation is 2. The summed E-state index contributed by atoms with van der Waals surface area (Å²) in [5, 5.41) is 6.21. The lowest BCUT2D eigenvalue weighted by molar-refractivity contribution is 0.0947. The average Bonchev–Trinajstić information content (AvgIpc) is 2.91. The molecular weight excluding hydrogens is 388 g/mol. The Labute approximate surface area is 155 Å². The van der Waals surface area contributed by atoms with Gasteiger partial charge >= 0.3 is 0 Å². The lowest BCUT2D eigenvalue weighted by Crippen LogP contribution is -2.25. The quantitative estimate of drug-likeness (QED) is 0.638. The van der Waals surface area contributed by atoms with Gasteiger partial charge in [0, 0.05) is 22.1 Å². The van der Waals surface area contributed by atoms with Gasteiger partial charge in [0.05, 0.1) is 16.7 Å². The average molecular weight is 411 g/mol. The van der Waals surface area contributed by atoms with Crippen LogP contribution in [0.2, 0.25) is 0 Å². The fraction of sp³-hybridized carbons (Fsp3) is 0.444. The van der Waals surface area contributed by atoms with Gasteiger partial charge in [-0.1, -0.05) is 15.9 Å². The van der Waals surface area contributed by atoms with Crippen LogP contribution in [0.1, 0.15) is 47.7 Å². The molecule has 0 bridgehead atoms. The smallest absolute Gasteiger partial charge is 0.255 e. The van der Waals surface area contributed by atoms with Gasteiger partial charge in [0.25, 0.3) is 5.91 Å². The van der Waals surface area contributed by atoms with E-state index in [-0.39, 0.29) is 12.0 Å². The SMILES string of the molecule is Cc1csc(CCCCNC(=O)c2ccc(Br)cc2OC(C)C)n1. The summed E-state index contributed by atoms with van der Waals surface area (Å²) in [7, 11) is 0. The van der Waals surface area contributed by atoms with Gasteiger partial charge in [-0.05, 0) is 58.2 Å². The Morgan fingerprint density at radius 3 is 2.83 bits per heavy atom. The van der Waals surface area contributed by atoms with Gasteiger partial charge < -0.3 is 10.1 Å². The lowest BCUT2D eigenvalue weighted by atomic mass is 10.1. The largest absolute Gasteiger partial charge is 0.490 e. The number of hydrogen-bond acceptors (Lipinski definition) is 4. The summed E-state index contributed by atoms with van der Waals surface area (Å²) in [5.74, 6) is 0.512. The summed E-state index contributed by atoms with van der Waals surface area (Å²) in [5.41, 5.74) is 1.65. The molecule has 2 aromatic rings. The zero-order valence-corrected chi connectivity index (χ0v) is 16.7. The second-order valence-electron chi connectivity index (χ2n) is 5.90. The number of nitrogens with one attached hydrogen (secondary N) is 1. The van der Waals surface area contributed by atoms with Crippen molar-refractivity contribution in [2.24, 2.45) is 0 Å². The molecule has 1 aromatic heterocycles. The molecule has 24 heavy (non-hydrogen) atoms. The number of halogens is 1. The first-order valence-corrected chi connectivity index (χ1v) is 9.78. The molecule has 1 aromatic carbocycles. The minimum atomic E-state index is -0.0942. The van der Waals surface area contributed by atoms with Gasteiger partial charge in [0.1, 0.15) is 5.75 Å². The summed E-state index contributed by atoms with van der Waals surface area (Å²) in [4.78, 5) is 16.8. The standard InChI is InChI=1S/C18H23BrN2O2S/c1-12(2)23-16-10-14(19)7-8-15(16)18(22)20-9-5-4-6-17-21-13(3)11-24-17/h7-8,10-12H,4-6,9H2,1-3H3,(H,20,22). The second kappa shape index (κ2) is 9.18. The molecule has 130 valence electrons. The first kappa shape index (κ1) is 18.9. The van der Waals surface area contributed by atoms with Gasteiger partial charge in [-0.2, -0.15) is 0 Å². The molecule has 4 nitrogen and oxygen atoms in total. The van der Waals surface area contributed by atoms with Crippen molar-refractivity contribution in [3.63, 3.8) is 0 Å². The number of carbonyl (C=O) groups is 1. The molecule has 0 atom stereocenters. The summed E-state index contributed by atoms with van der Waals surface area (Å²) in [6.45, 7) is 6.56. The topological polar surface area (TPSA) is 51.2 Å². The van der Waals surface area contributed by atoms with Crippen molar-refractivity contribution in [1.82, 2.24) is 10.3 Å². The van der Waals surface area contributed by atoms with Gasteiger partial charge in [-0.25, -0.2) is 4.98 Å². The van der Waals surface area contributed by atoms with E-state index in [2.05, 4.69) is 31.6 Å². The Hall–Kier alpha value is -1.40. The predicted molar refractivity (Wildman–Crippen MR) is 102 cm³/mol. The molecule has 6 heteroatoms. The molecule has 0 aliphatic heterocycles. The maximum absolute atomic E-state index is 12.4. The van der Waals surface area contributed by atoms with E-state index >= 15 is 0 Å². The van der Waals surface area contributed by atoms with E-state index in [0.29, 0.717) is 17.9 Å². The molecule has 1 heterocycles. The molecule has 0 unspecified atom stereocenters. The molecular formula is C18H23BrN2O2S. The summed E-state index contributed by atoms with van der Waals surface area (Å²) < 4.78 is 6.63. The first-order chi connectivity index (χ1) is 11.5. The summed E-state index contributed by atoms with van der Waals surface area (Å²) in [6, 6.07) is 5.47. The third kappa shape index (κ3) is 5.91. The Bertz CT molecular complexity index is 685. The number of amides is 1. The van der Waals surface area contributed by atoms with E-state index in [1.165, 1.54) is 5.01 Å². The highest BCUT2D eigenvalue weighted by Crippen LogP contribution is 2.24. The van der Waals surface area contributed by atoms with E-state index in [0.717, 1.165) is 29.4 Å². The van der Waals surface area contributed by atoms with Crippen molar-refractivity contribution in [3.8, 4) is 5.75 Å². The number of aromatic nitrogens is 1. The van der Waals surface area contributed by atoms with Crippen LogP contribution >= 0.6 is 27.3 Å². The zero-order chi connectivity index (χ0) is 17.5. The third-order valence-corrected chi connectivity index (χ3v) is 4.84. The molecule has 2 rings (SSSR count). The molecule has 0 radical (unpaired) electrons. The molecule has 0 saturated carbocycles. The van der Waals surface area contributed by atoms with Crippen molar-refractivity contribution in [3.05, 3.63) is 44.3 Å². The Balaban J connectivity index is 1.81. The highest BCUT2D eigenvalue weighted by molar-refractivity contribution is 9.10. The van der Waals surface area contributed by atoms with Crippen molar-refractivity contribution in [1.29, 1.82) is 0 Å².